The molecule has 96 valence electrons. The summed E-state index contributed by atoms with van der Waals surface area (Å²) >= 11 is 0. The Balaban J connectivity index is 2.53. The van der Waals surface area contributed by atoms with E-state index < -0.39 is 0 Å². The number of hydrogen-bond donors (Lipinski definition) is 1. The normalized spacial score (nSPS) is 10.9. The van der Waals surface area contributed by atoms with E-state index in [4.69, 9.17) is 5.73 Å². The molecule has 2 aromatic rings. The number of aryl methyl sites for hydroxylation is 3. The van der Waals surface area contributed by atoms with Gasteiger partial charge in [-0.15, -0.1) is 5.10 Å². The lowest BCUT2D eigenvalue weighted by atomic mass is 10.3. The van der Waals surface area contributed by atoms with Crippen LogP contribution in [-0.2, 0) is 19.4 Å². The van der Waals surface area contributed by atoms with Crippen LogP contribution in [0.15, 0.2) is 6.07 Å². The van der Waals surface area contributed by atoms with Crippen molar-refractivity contribution >= 4 is 0 Å². The largest absolute Gasteiger partial charge is 0.325 e. The lowest BCUT2D eigenvalue weighted by Gasteiger charge is -2.05. The van der Waals surface area contributed by atoms with Gasteiger partial charge in [0.2, 0.25) is 0 Å². The Bertz CT molecular complexity index is 545. The Labute approximate surface area is 106 Å². The van der Waals surface area contributed by atoms with Crippen molar-refractivity contribution in [2.75, 3.05) is 0 Å². The summed E-state index contributed by atoms with van der Waals surface area (Å²) < 4.78 is 1.71. The van der Waals surface area contributed by atoms with E-state index in [1.807, 2.05) is 26.8 Å². The highest BCUT2D eigenvalue weighted by molar-refractivity contribution is 5.19. The zero-order valence-electron chi connectivity index (χ0n) is 11.0. The van der Waals surface area contributed by atoms with Gasteiger partial charge in [0.05, 0.1) is 5.69 Å². The Morgan fingerprint density at radius 2 is 1.94 bits per heavy atom. The predicted octanol–water partition coefficient (Wildman–Crippen LogP) is 0.949. The molecule has 0 radical (unpaired) electrons. The lowest BCUT2D eigenvalue weighted by Crippen LogP contribution is -2.11. The van der Waals surface area contributed by atoms with Crippen LogP contribution >= 0.6 is 0 Å². The molecule has 2 rings (SSSR count). The summed E-state index contributed by atoms with van der Waals surface area (Å²) in [5.41, 5.74) is 7.33. The van der Waals surface area contributed by atoms with Crippen LogP contribution in [0, 0.1) is 6.92 Å². The van der Waals surface area contributed by atoms with Crippen LogP contribution in [0.5, 0.6) is 0 Å². The van der Waals surface area contributed by atoms with Gasteiger partial charge in [-0.05, 0) is 13.0 Å². The smallest absolute Gasteiger partial charge is 0.252 e. The number of rotatable bonds is 4. The highest BCUT2D eigenvalue weighted by atomic mass is 15.4. The number of nitrogens with two attached hydrogens (primary N) is 1. The topological polar surface area (TPSA) is 82.5 Å². The fourth-order valence-corrected chi connectivity index (χ4v) is 1.75. The molecule has 0 spiro atoms. The van der Waals surface area contributed by atoms with Crippen molar-refractivity contribution in [1.29, 1.82) is 0 Å². The third-order valence-corrected chi connectivity index (χ3v) is 2.64. The van der Waals surface area contributed by atoms with E-state index in [2.05, 4.69) is 20.1 Å². The zero-order chi connectivity index (χ0) is 13.1. The van der Waals surface area contributed by atoms with Crippen LogP contribution < -0.4 is 5.73 Å². The van der Waals surface area contributed by atoms with E-state index in [-0.39, 0.29) is 0 Å². The molecule has 0 atom stereocenters. The summed E-state index contributed by atoms with van der Waals surface area (Å²) in [5.74, 6) is 2.24. The Kier molecular flexibility index (Phi) is 3.66. The van der Waals surface area contributed by atoms with E-state index >= 15 is 0 Å². The fraction of sp³-hybridized carbons (Fsp3) is 0.500. The summed E-state index contributed by atoms with van der Waals surface area (Å²) in [5, 5.41) is 4.43. The molecule has 0 aliphatic carbocycles. The van der Waals surface area contributed by atoms with Gasteiger partial charge in [0.15, 0.2) is 5.82 Å². The first-order chi connectivity index (χ1) is 8.67. The van der Waals surface area contributed by atoms with Crippen molar-refractivity contribution in [3.63, 3.8) is 0 Å². The first kappa shape index (κ1) is 12.6. The Morgan fingerprint density at radius 3 is 2.56 bits per heavy atom. The molecule has 18 heavy (non-hydrogen) atoms. The SMILES string of the molecule is CCc1nc(CC)n(-c2nc(C)cc(CN)n2)n1. The molecule has 6 heteroatoms. The molecule has 2 aromatic heterocycles. The maximum atomic E-state index is 5.63. The maximum Gasteiger partial charge on any atom is 0.252 e. The van der Waals surface area contributed by atoms with Gasteiger partial charge in [0.25, 0.3) is 5.95 Å². The van der Waals surface area contributed by atoms with Gasteiger partial charge in [0, 0.05) is 25.1 Å². The van der Waals surface area contributed by atoms with Crippen molar-refractivity contribution in [2.45, 2.75) is 40.2 Å². The van der Waals surface area contributed by atoms with E-state index in [0.29, 0.717) is 12.5 Å². The molecule has 0 amide bonds. The molecule has 0 aliphatic heterocycles. The van der Waals surface area contributed by atoms with E-state index in [1.165, 1.54) is 0 Å². The molecule has 0 unspecified atom stereocenters. The minimum absolute atomic E-state index is 0.396. The highest BCUT2D eigenvalue weighted by Gasteiger charge is 2.12. The summed E-state index contributed by atoms with van der Waals surface area (Å²) in [6.07, 6.45) is 1.60. The molecule has 0 bridgehead atoms. The van der Waals surface area contributed by atoms with Gasteiger partial charge in [-0.25, -0.2) is 15.0 Å². The van der Waals surface area contributed by atoms with Crippen LogP contribution in [0.1, 0.15) is 36.9 Å². The number of nitrogens with zero attached hydrogens (tertiary/aromatic N) is 5. The molecule has 6 nitrogen and oxygen atoms in total. The van der Waals surface area contributed by atoms with Crippen molar-refractivity contribution < 1.29 is 0 Å². The summed E-state index contributed by atoms with van der Waals surface area (Å²) in [7, 11) is 0. The van der Waals surface area contributed by atoms with Crippen LogP contribution in [-0.4, -0.2) is 24.7 Å². The van der Waals surface area contributed by atoms with E-state index in [1.54, 1.807) is 4.68 Å². The Hall–Kier alpha value is -1.82. The summed E-state index contributed by atoms with van der Waals surface area (Å²) in [6, 6.07) is 1.88. The van der Waals surface area contributed by atoms with Crippen molar-refractivity contribution in [3.05, 3.63) is 29.1 Å². The van der Waals surface area contributed by atoms with Gasteiger partial charge < -0.3 is 5.73 Å². The Morgan fingerprint density at radius 1 is 1.17 bits per heavy atom. The molecule has 2 heterocycles. The predicted molar refractivity (Wildman–Crippen MR) is 68.3 cm³/mol. The third kappa shape index (κ3) is 2.38. The molecule has 0 aliphatic rings. The highest BCUT2D eigenvalue weighted by Crippen LogP contribution is 2.09. The van der Waals surface area contributed by atoms with Crippen LogP contribution in [0.25, 0.3) is 5.95 Å². The van der Waals surface area contributed by atoms with E-state index in [9.17, 15) is 0 Å². The second-order valence-electron chi connectivity index (χ2n) is 4.07. The lowest BCUT2D eigenvalue weighted by molar-refractivity contribution is 0.729. The van der Waals surface area contributed by atoms with Gasteiger partial charge in [-0.2, -0.15) is 4.68 Å². The summed E-state index contributed by atoms with van der Waals surface area (Å²) in [6.45, 7) is 6.39. The zero-order valence-corrected chi connectivity index (χ0v) is 11.0. The van der Waals surface area contributed by atoms with Gasteiger partial charge in [-0.1, -0.05) is 13.8 Å². The second-order valence-corrected chi connectivity index (χ2v) is 4.07. The van der Waals surface area contributed by atoms with Crippen molar-refractivity contribution in [1.82, 2.24) is 24.7 Å². The van der Waals surface area contributed by atoms with Gasteiger partial charge in [-0.3, -0.25) is 0 Å². The minimum Gasteiger partial charge on any atom is -0.325 e. The van der Waals surface area contributed by atoms with Gasteiger partial charge in [0.1, 0.15) is 5.82 Å². The molecule has 0 aromatic carbocycles. The first-order valence-corrected chi connectivity index (χ1v) is 6.17. The van der Waals surface area contributed by atoms with Crippen LogP contribution in [0.2, 0.25) is 0 Å². The second kappa shape index (κ2) is 5.22. The van der Waals surface area contributed by atoms with Crippen molar-refractivity contribution in [2.24, 2.45) is 5.73 Å². The fourth-order valence-electron chi connectivity index (χ4n) is 1.75. The summed E-state index contributed by atoms with van der Waals surface area (Å²) in [4.78, 5) is 13.3. The molecule has 0 saturated heterocycles. The van der Waals surface area contributed by atoms with Crippen LogP contribution in [0.4, 0.5) is 0 Å². The first-order valence-electron chi connectivity index (χ1n) is 6.17. The average molecular weight is 246 g/mol. The molecular formula is C12H18N6. The van der Waals surface area contributed by atoms with Crippen molar-refractivity contribution in [3.8, 4) is 5.95 Å². The molecule has 0 fully saturated rings. The maximum absolute atomic E-state index is 5.63. The number of aromatic nitrogens is 5. The number of hydrogen-bond acceptors (Lipinski definition) is 5. The standard InChI is InChI=1S/C12H18N6/c1-4-10-16-11(5-2)18(17-10)12-14-8(3)6-9(7-13)15-12/h6H,4-5,7,13H2,1-3H3. The van der Waals surface area contributed by atoms with Gasteiger partial charge >= 0.3 is 0 Å². The quantitative estimate of drug-likeness (QED) is 0.868. The van der Waals surface area contributed by atoms with Crippen LogP contribution in [0.3, 0.4) is 0 Å². The molecular weight excluding hydrogens is 228 g/mol. The van der Waals surface area contributed by atoms with E-state index in [0.717, 1.165) is 35.9 Å². The average Bonchev–Trinajstić information content (AvgIpc) is 2.81. The molecule has 0 saturated carbocycles. The monoisotopic (exact) mass is 246 g/mol. The third-order valence-electron chi connectivity index (χ3n) is 2.64. The minimum atomic E-state index is 0.396. The molecule has 2 N–H and O–H groups in total.